The number of sulfonamides is 1. The molecule has 0 unspecified atom stereocenters. The summed E-state index contributed by atoms with van der Waals surface area (Å²) in [5.74, 6) is 0.986. The van der Waals surface area contributed by atoms with Gasteiger partial charge in [-0.05, 0) is 24.0 Å². The molecule has 0 amide bonds. The molecule has 7 heteroatoms. The first kappa shape index (κ1) is 17.1. The highest BCUT2D eigenvalue weighted by Crippen LogP contribution is 2.35. The van der Waals surface area contributed by atoms with Gasteiger partial charge >= 0.3 is 0 Å². The van der Waals surface area contributed by atoms with Gasteiger partial charge in [-0.15, -0.1) is 10.2 Å². The van der Waals surface area contributed by atoms with Crippen LogP contribution in [0, 0.1) is 6.92 Å². The monoisotopic (exact) mass is 349 g/mol. The Morgan fingerprint density at radius 3 is 2.62 bits per heavy atom. The van der Waals surface area contributed by atoms with Crippen molar-refractivity contribution in [3.8, 4) is 0 Å². The first-order chi connectivity index (χ1) is 11.5. The minimum atomic E-state index is -3.38. The molecular weight excluding hydrogens is 326 g/mol. The summed E-state index contributed by atoms with van der Waals surface area (Å²) in [6, 6.07) is 7.51. The molecule has 0 fully saturated rings. The highest BCUT2D eigenvalue weighted by Gasteiger charge is 2.38. The number of rotatable bonds is 6. The molecule has 2 aromatic rings. The van der Waals surface area contributed by atoms with Gasteiger partial charge in [-0.3, -0.25) is 0 Å². The maximum absolute atomic E-state index is 12.9. The van der Waals surface area contributed by atoms with Crippen LogP contribution in [0.1, 0.15) is 55.1 Å². The topological polar surface area (TPSA) is 76.3 Å². The van der Waals surface area contributed by atoms with Crippen LogP contribution in [-0.4, -0.2) is 28.7 Å². The van der Waals surface area contributed by atoms with E-state index in [0.717, 1.165) is 24.0 Å². The van der Waals surface area contributed by atoms with Crippen LogP contribution < -0.4 is 0 Å². The summed E-state index contributed by atoms with van der Waals surface area (Å²) in [6.07, 6.45) is 3.13. The van der Waals surface area contributed by atoms with Crippen LogP contribution >= 0.6 is 0 Å². The van der Waals surface area contributed by atoms with E-state index in [9.17, 15) is 8.42 Å². The standard InChI is InChI=1S/C17H23N3O3S/c1-3-4-7-10-24(21,22)20-12-15-9-6-5-8-14(15)11-16(20)17-19-18-13(2)23-17/h5-6,8-9,16H,3-4,7,10-12H2,1-2H3/t16-/m1/s1. The van der Waals surface area contributed by atoms with Crippen LogP contribution in [0.4, 0.5) is 0 Å². The average molecular weight is 349 g/mol. The van der Waals surface area contributed by atoms with Crippen LogP contribution in [0.15, 0.2) is 28.7 Å². The first-order valence-corrected chi connectivity index (χ1v) is 9.98. The molecule has 0 aliphatic carbocycles. The summed E-state index contributed by atoms with van der Waals surface area (Å²) >= 11 is 0. The van der Waals surface area contributed by atoms with Crippen LogP contribution in [0.25, 0.3) is 0 Å². The van der Waals surface area contributed by atoms with Gasteiger partial charge in [-0.1, -0.05) is 44.0 Å². The lowest BCUT2D eigenvalue weighted by Crippen LogP contribution is -2.40. The zero-order chi connectivity index (χ0) is 17.2. The molecule has 0 N–H and O–H groups in total. The van der Waals surface area contributed by atoms with Gasteiger partial charge in [-0.25, -0.2) is 8.42 Å². The van der Waals surface area contributed by atoms with E-state index in [-0.39, 0.29) is 5.75 Å². The Labute approximate surface area is 142 Å². The molecule has 1 aliphatic heterocycles. The molecule has 0 bridgehead atoms. The van der Waals surface area contributed by atoms with Crippen molar-refractivity contribution in [2.24, 2.45) is 0 Å². The van der Waals surface area contributed by atoms with E-state index >= 15 is 0 Å². The fourth-order valence-electron chi connectivity index (χ4n) is 3.10. The van der Waals surface area contributed by atoms with Gasteiger partial charge in [0.2, 0.25) is 21.8 Å². The molecule has 0 saturated heterocycles. The summed E-state index contributed by atoms with van der Waals surface area (Å²) in [5, 5.41) is 7.95. The van der Waals surface area contributed by atoms with Crippen molar-refractivity contribution < 1.29 is 12.8 Å². The molecular formula is C17H23N3O3S. The number of hydrogen-bond acceptors (Lipinski definition) is 5. The lowest BCUT2D eigenvalue weighted by Gasteiger charge is -2.34. The number of hydrogen-bond donors (Lipinski definition) is 0. The molecule has 1 atom stereocenters. The van der Waals surface area contributed by atoms with E-state index in [0.29, 0.717) is 31.2 Å². The van der Waals surface area contributed by atoms with Crippen molar-refractivity contribution in [1.29, 1.82) is 0 Å². The molecule has 130 valence electrons. The third-order valence-corrected chi connectivity index (χ3v) is 6.30. The van der Waals surface area contributed by atoms with E-state index in [1.165, 1.54) is 4.31 Å². The highest BCUT2D eigenvalue weighted by molar-refractivity contribution is 7.89. The second-order valence-corrected chi connectivity index (χ2v) is 8.26. The summed E-state index contributed by atoms with van der Waals surface area (Å²) < 4.78 is 32.9. The lowest BCUT2D eigenvalue weighted by atomic mass is 9.96. The predicted molar refractivity (Wildman–Crippen MR) is 90.8 cm³/mol. The zero-order valence-electron chi connectivity index (χ0n) is 14.1. The van der Waals surface area contributed by atoms with Crippen molar-refractivity contribution in [3.63, 3.8) is 0 Å². The van der Waals surface area contributed by atoms with Crippen LogP contribution in [0.5, 0.6) is 0 Å². The Morgan fingerprint density at radius 1 is 1.21 bits per heavy atom. The van der Waals surface area contributed by atoms with Gasteiger partial charge in [0.1, 0.15) is 6.04 Å². The van der Waals surface area contributed by atoms with E-state index < -0.39 is 16.1 Å². The van der Waals surface area contributed by atoms with E-state index in [1.54, 1.807) is 6.92 Å². The number of aryl methyl sites for hydroxylation is 1. The molecule has 3 rings (SSSR count). The van der Waals surface area contributed by atoms with Crippen LogP contribution in [0.3, 0.4) is 0 Å². The normalized spacial score (nSPS) is 18.5. The van der Waals surface area contributed by atoms with Crippen molar-refractivity contribution >= 4 is 10.0 Å². The molecule has 1 aromatic carbocycles. The molecule has 0 saturated carbocycles. The van der Waals surface area contributed by atoms with Gasteiger partial charge in [0, 0.05) is 13.5 Å². The van der Waals surface area contributed by atoms with Crippen LogP contribution in [-0.2, 0) is 23.0 Å². The summed E-state index contributed by atoms with van der Waals surface area (Å²) in [5.41, 5.74) is 2.18. The largest absolute Gasteiger partial charge is 0.424 e. The van der Waals surface area contributed by atoms with Gasteiger partial charge in [-0.2, -0.15) is 4.31 Å². The molecule has 1 aromatic heterocycles. The quantitative estimate of drug-likeness (QED) is 0.749. The molecule has 24 heavy (non-hydrogen) atoms. The number of benzene rings is 1. The van der Waals surface area contributed by atoms with Gasteiger partial charge in [0.25, 0.3) is 0 Å². The third-order valence-electron chi connectivity index (χ3n) is 4.40. The highest BCUT2D eigenvalue weighted by atomic mass is 32.2. The molecule has 6 nitrogen and oxygen atoms in total. The van der Waals surface area contributed by atoms with E-state index in [4.69, 9.17) is 4.42 Å². The SMILES string of the molecule is CCCCCS(=O)(=O)N1Cc2ccccc2C[C@@H]1c1nnc(C)o1. The third kappa shape index (κ3) is 3.52. The Morgan fingerprint density at radius 2 is 1.96 bits per heavy atom. The van der Waals surface area contributed by atoms with Crippen LogP contribution in [0.2, 0.25) is 0 Å². The molecule has 1 aliphatic rings. The second kappa shape index (κ2) is 7.03. The molecule has 0 spiro atoms. The second-order valence-electron chi connectivity index (χ2n) is 6.22. The summed E-state index contributed by atoms with van der Waals surface area (Å²) in [7, 11) is -3.38. The Balaban J connectivity index is 1.94. The Kier molecular flexibility index (Phi) is 5.01. The maximum atomic E-state index is 12.9. The number of unbranched alkanes of at least 4 members (excludes halogenated alkanes) is 2. The van der Waals surface area contributed by atoms with Gasteiger partial charge in [0.15, 0.2) is 0 Å². The smallest absolute Gasteiger partial charge is 0.235 e. The van der Waals surface area contributed by atoms with Gasteiger partial charge in [0.05, 0.1) is 5.75 Å². The number of aromatic nitrogens is 2. The fraction of sp³-hybridized carbons (Fsp3) is 0.529. The van der Waals surface area contributed by atoms with E-state index in [2.05, 4.69) is 17.1 Å². The Bertz CT molecular complexity index is 801. The zero-order valence-corrected chi connectivity index (χ0v) is 14.9. The Hall–Kier alpha value is -1.73. The van der Waals surface area contributed by atoms with Gasteiger partial charge < -0.3 is 4.42 Å². The maximum Gasteiger partial charge on any atom is 0.235 e. The summed E-state index contributed by atoms with van der Waals surface area (Å²) in [4.78, 5) is 0. The lowest BCUT2D eigenvalue weighted by molar-refractivity contribution is 0.249. The number of nitrogens with zero attached hydrogens (tertiary/aromatic N) is 3. The van der Waals surface area contributed by atoms with Crippen molar-refractivity contribution in [2.75, 3.05) is 5.75 Å². The molecule has 2 heterocycles. The summed E-state index contributed by atoms with van der Waals surface area (Å²) in [6.45, 7) is 4.14. The van der Waals surface area contributed by atoms with Crippen molar-refractivity contribution in [2.45, 2.75) is 52.1 Å². The minimum absolute atomic E-state index is 0.159. The average Bonchev–Trinajstić information content (AvgIpc) is 3.00. The van der Waals surface area contributed by atoms with Crippen molar-refractivity contribution in [3.05, 3.63) is 47.2 Å². The first-order valence-electron chi connectivity index (χ1n) is 8.37. The predicted octanol–water partition coefficient (Wildman–Crippen LogP) is 3.00. The minimum Gasteiger partial charge on any atom is -0.424 e. The molecule has 0 radical (unpaired) electrons. The number of fused-ring (bicyclic) bond motifs is 1. The fourth-order valence-corrected chi connectivity index (χ4v) is 4.79. The van der Waals surface area contributed by atoms with E-state index in [1.807, 2.05) is 24.3 Å². The van der Waals surface area contributed by atoms with Crippen molar-refractivity contribution in [1.82, 2.24) is 14.5 Å².